The molecule has 0 aromatic heterocycles. The first-order valence-electron chi connectivity index (χ1n) is 5.38. The maximum absolute atomic E-state index is 8.93. The van der Waals surface area contributed by atoms with Crippen molar-refractivity contribution >= 4 is 0 Å². The predicted molar refractivity (Wildman–Crippen MR) is 54.8 cm³/mol. The maximum Gasteiger partial charge on any atom is 0.0558 e. The Labute approximate surface area is 81.1 Å². The van der Waals surface area contributed by atoms with Gasteiger partial charge in [-0.3, -0.25) is 4.90 Å². The first kappa shape index (κ1) is 11.0. The summed E-state index contributed by atoms with van der Waals surface area (Å²) in [6, 6.07) is 0.639. The summed E-state index contributed by atoms with van der Waals surface area (Å²) in [4.78, 5) is 2.42. The molecular formula is C10H22N2O. The van der Waals surface area contributed by atoms with E-state index in [1.54, 1.807) is 0 Å². The third-order valence-electron chi connectivity index (χ3n) is 2.83. The summed E-state index contributed by atoms with van der Waals surface area (Å²) in [6.45, 7) is 3.35. The van der Waals surface area contributed by atoms with Crippen LogP contribution in [0.5, 0.6) is 0 Å². The molecule has 1 saturated heterocycles. The van der Waals surface area contributed by atoms with E-state index in [0.29, 0.717) is 12.6 Å². The fourth-order valence-electron chi connectivity index (χ4n) is 2.13. The van der Waals surface area contributed by atoms with Crippen LogP contribution >= 0.6 is 0 Å². The number of likely N-dealkylation sites (tertiary alicyclic amines) is 1. The zero-order valence-corrected chi connectivity index (χ0v) is 8.63. The number of hydrogen-bond donors (Lipinski definition) is 2. The van der Waals surface area contributed by atoms with Crippen molar-refractivity contribution in [3.05, 3.63) is 0 Å². The quantitative estimate of drug-likeness (QED) is 0.669. The summed E-state index contributed by atoms with van der Waals surface area (Å²) in [7, 11) is 2.00. The van der Waals surface area contributed by atoms with E-state index in [1.807, 2.05) is 7.05 Å². The lowest BCUT2D eigenvalue weighted by Crippen LogP contribution is -2.42. The number of β-amino-alcohol motifs (C(OH)–C–C–N with tert-alkyl or cyclic N) is 1. The minimum absolute atomic E-state index is 0.292. The molecular weight excluding hydrogens is 164 g/mol. The molecule has 3 nitrogen and oxygen atoms in total. The Morgan fingerprint density at radius 2 is 2.23 bits per heavy atom. The lowest BCUT2D eigenvalue weighted by molar-refractivity contribution is 0.152. The van der Waals surface area contributed by atoms with Crippen molar-refractivity contribution in [3.63, 3.8) is 0 Å². The molecule has 0 aliphatic carbocycles. The van der Waals surface area contributed by atoms with Gasteiger partial charge in [-0.1, -0.05) is 12.8 Å². The van der Waals surface area contributed by atoms with Crippen molar-refractivity contribution in [2.75, 3.05) is 33.3 Å². The first-order valence-corrected chi connectivity index (χ1v) is 5.38. The second-order valence-electron chi connectivity index (χ2n) is 3.82. The molecule has 0 spiro atoms. The van der Waals surface area contributed by atoms with Gasteiger partial charge in [0.1, 0.15) is 0 Å². The van der Waals surface area contributed by atoms with Gasteiger partial charge in [-0.25, -0.2) is 0 Å². The van der Waals surface area contributed by atoms with Gasteiger partial charge in [0, 0.05) is 19.1 Å². The van der Waals surface area contributed by atoms with Crippen LogP contribution in [0.1, 0.15) is 25.7 Å². The molecule has 1 atom stereocenters. The second kappa shape index (κ2) is 6.35. The van der Waals surface area contributed by atoms with Crippen molar-refractivity contribution < 1.29 is 5.11 Å². The largest absolute Gasteiger partial charge is 0.395 e. The second-order valence-corrected chi connectivity index (χ2v) is 3.82. The van der Waals surface area contributed by atoms with Gasteiger partial charge in [0.2, 0.25) is 0 Å². The van der Waals surface area contributed by atoms with E-state index in [0.717, 1.165) is 19.6 Å². The number of nitrogens with one attached hydrogen (secondary N) is 1. The standard InChI is InChI=1S/C10H22N2O/c1-11-9-10-5-3-2-4-6-12(10)7-8-13/h10-11,13H,2-9H2,1H3. The van der Waals surface area contributed by atoms with Gasteiger partial charge in [-0.05, 0) is 26.4 Å². The highest BCUT2D eigenvalue weighted by Gasteiger charge is 2.19. The Kier molecular flexibility index (Phi) is 5.35. The van der Waals surface area contributed by atoms with Gasteiger partial charge in [-0.2, -0.15) is 0 Å². The van der Waals surface area contributed by atoms with Gasteiger partial charge in [0.05, 0.1) is 6.61 Å². The van der Waals surface area contributed by atoms with E-state index >= 15 is 0 Å². The molecule has 78 valence electrons. The van der Waals surface area contributed by atoms with Crippen LogP contribution < -0.4 is 5.32 Å². The molecule has 0 bridgehead atoms. The minimum atomic E-state index is 0.292. The summed E-state index contributed by atoms with van der Waals surface area (Å²) < 4.78 is 0. The molecule has 1 rings (SSSR count). The van der Waals surface area contributed by atoms with E-state index in [2.05, 4.69) is 10.2 Å². The van der Waals surface area contributed by atoms with E-state index in [-0.39, 0.29) is 0 Å². The number of hydrogen-bond acceptors (Lipinski definition) is 3. The van der Waals surface area contributed by atoms with Crippen LogP contribution in [0.3, 0.4) is 0 Å². The average Bonchev–Trinajstić information content (AvgIpc) is 2.33. The van der Waals surface area contributed by atoms with Gasteiger partial charge >= 0.3 is 0 Å². The molecule has 2 N–H and O–H groups in total. The zero-order valence-electron chi connectivity index (χ0n) is 8.63. The highest BCUT2D eigenvalue weighted by Crippen LogP contribution is 2.15. The molecule has 1 heterocycles. The van der Waals surface area contributed by atoms with Crippen LogP contribution in [-0.2, 0) is 0 Å². The number of likely N-dealkylation sites (N-methyl/N-ethyl adjacent to an activating group) is 1. The van der Waals surface area contributed by atoms with E-state index < -0.39 is 0 Å². The molecule has 1 aliphatic rings. The molecule has 1 unspecified atom stereocenters. The van der Waals surface area contributed by atoms with Crippen molar-refractivity contribution in [1.82, 2.24) is 10.2 Å². The highest BCUT2D eigenvalue weighted by atomic mass is 16.3. The number of aliphatic hydroxyl groups is 1. The van der Waals surface area contributed by atoms with E-state index in [1.165, 1.54) is 25.7 Å². The normalized spacial score (nSPS) is 25.8. The highest BCUT2D eigenvalue weighted by molar-refractivity contribution is 4.76. The van der Waals surface area contributed by atoms with Crippen LogP contribution in [0.4, 0.5) is 0 Å². The molecule has 13 heavy (non-hydrogen) atoms. The zero-order chi connectivity index (χ0) is 9.52. The Hall–Kier alpha value is -0.120. The SMILES string of the molecule is CNCC1CCCCCN1CCO. The molecule has 0 aromatic rings. The molecule has 0 saturated carbocycles. The van der Waals surface area contributed by atoms with Gasteiger partial charge in [0.15, 0.2) is 0 Å². The topological polar surface area (TPSA) is 35.5 Å². The number of nitrogens with zero attached hydrogens (tertiary/aromatic N) is 1. The Morgan fingerprint density at radius 3 is 2.92 bits per heavy atom. The predicted octanol–water partition coefficient (Wildman–Crippen LogP) is 0.443. The van der Waals surface area contributed by atoms with Crippen LogP contribution in [0.15, 0.2) is 0 Å². The fourth-order valence-corrected chi connectivity index (χ4v) is 2.13. The van der Waals surface area contributed by atoms with Crippen LogP contribution in [0.25, 0.3) is 0 Å². The van der Waals surface area contributed by atoms with E-state index in [9.17, 15) is 0 Å². The van der Waals surface area contributed by atoms with Crippen LogP contribution in [0.2, 0.25) is 0 Å². The first-order chi connectivity index (χ1) is 6.38. The van der Waals surface area contributed by atoms with Gasteiger partial charge in [-0.15, -0.1) is 0 Å². The Morgan fingerprint density at radius 1 is 1.38 bits per heavy atom. The third-order valence-corrected chi connectivity index (χ3v) is 2.83. The molecule has 0 radical (unpaired) electrons. The fraction of sp³-hybridized carbons (Fsp3) is 1.00. The average molecular weight is 186 g/mol. The van der Waals surface area contributed by atoms with Gasteiger partial charge < -0.3 is 10.4 Å². The maximum atomic E-state index is 8.93. The number of aliphatic hydroxyl groups excluding tert-OH is 1. The molecule has 1 fully saturated rings. The monoisotopic (exact) mass is 186 g/mol. The van der Waals surface area contributed by atoms with Crippen molar-refractivity contribution in [2.45, 2.75) is 31.7 Å². The lowest BCUT2D eigenvalue weighted by atomic mass is 10.1. The Bertz CT molecular complexity index is 116. The summed E-state index contributed by atoms with van der Waals surface area (Å²) in [6.07, 6.45) is 5.26. The summed E-state index contributed by atoms with van der Waals surface area (Å²) >= 11 is 0. The Balaban J connectivity index is 2.40. The van der Waals surface area contributed by atoms with Crippen LogP contribution in [0, 0.1) is 0 Å². The van der Waals surface area contributed by atoms with Crippen molar-refractivity contribution in [2.24, 2.45) is 0 Å². The smallest absolute Gasteiger partial charge is 0.0558 e. The van der Waals surface area contributed by atoms with Crippen molar-refractivity contribution in [1.29, 1.82) is 0 Å². The minimum Gasteiger partial charge on any atom is -0.395 e. The van der Waals surface area contributed by atoms with Crippen molar-refractivity contribution in [3.8, 4) is 0 Å². The van der Waals surface area contributed by atoms with Gasteiger partial charge in [0.25, 0.3) is 0 Å². The lowest BCUT2D eigenvalue weighted by Gasteiger charge is -2.28. The molecule has 3 heteroatoms. The third kappa shape index (κ3) is 3.63. The summed E-state index contributed by atoms with van der Waals surface area (Å²) in [5.74, 6) is 0. The molecule has 0 amide bonds. The molecule has 0 aromatic carbocycles. The molecule has 1 aliphatic heterocycles. The number of rotatable bonds is 4. The summed E-state index contributed by atoms with van der Waals surface area (Å²) in [5.41, 5.74) is 0. The van der Waals surface area contributed by atoms with Crippen LogP contribution in [-0.4, -0.2) is 49.3 Å². The summed E-state index contributed by atoms with van der Waals surface area (Å²) in [5, 5.41) is 12.2. The van der Waals surface area contributed by atoms with E-state index in [4.69, 9.17) is 5.11 Å².